The summed E-state index contributed by atoms with van der Waals surface area (Å²) in [5, 5.41) is 3.38. The summed E-state index contributed by atoms with van der Waals surface area (Å²) in [6, 6.07) is 20.6. The van der Waals surface area contributed by atoms with Gasteiger partial charge in [-0.1, -0.05) is 67.1 Å². The van der Waals surface area contributed by atoms with Crippen molar-refractivity contribution in [2.24, 2.45) is 17.8 Å². The molecular formula is C21H23NO. The molecule has 0 bridgehead atoms. The largest absolute Gasteiger partial charge is 0.342 e. The molecule has 2 aliphatic carbocycles. The minimum atomic E-state index is -0.476. The second-order valence-electron chi connectivity index (χ2n) is 7.13. The molecule has 2 atom stereocenters. The predicted molar refractivity (Wildman–Crippen MR) is 91.8 cm³/mol. The van der Waals surface area contributed by atoms with Crippen LogP contribution in [0.25, 0.3) is 0 Å². The number of hydrogen-bond acceptors (Lipinski definition) is 1. The van der Waals surface area contributed by atoms with Crippen molar-refractivity contribution < 1.29 is 4.79 Å². The van der Waals surface area contributed by atoms with E-state index < -0.39 is 5.54 Å². The third-order valence-electron chi connectivity index (χ3n) is 5.78. The van der Waals surface area contributed by atoms with Crippen molar-refractivity contribution in [1.29, 1.82) is 0 Å². The van der Waals surface area contributed by atoms with Crippen molar-refractivity contribution >= 4 is 5.91 Å². The number of carbonyl (C=O) groups is 1. The summed E-state index contributed by atoms with van der Waals surface area (Å²) in [6.07, 6.45) is 3.76. The summed E-state index contributed by atoms with van der Waals surface area (Å²) in [5.41, 5.74) is 1.78. The molecule has 118 valence electrons. The Morgan fingerprint density at radius 2 is 1.39 bits per heavy atom. The van der Waals surface area contributed by atoms with Gasteiger partial charge in [-0.3, -0.25) is 4.79 Å². The van der Waals surface area contributed by atoms with E-state index in [9.17, 15) is 4.79 Å². The molecule has 0 spiro atoms. The Bertz CT molecular complexity index is 645. The number of fused-ring (bicyclic) bond motifs is 1. The van der Waals surface area contributed by atoms with E-state index in [1.165, 1.54) is 19.3 Å². The molecule has 2 unspecified atom stereocenters. The Hall–Kier alpha value is -2.09. The zero-order chi connectivity index (χ0) is 15.9. The summed E-state index contributed by atoms with van der Waals surface area (Å²) in [7, 11) is 0. The number of nitrogens with one attached hydrogen (secondary N) is 1. The zero-order valence-electron chi connectivity index (χ0n) is 13.5. The van der Waals surface area contributed by atoms with Gasteiger partial charge in [0.15, 0.2) is 0 Å². The molecule has 0 heterocycles. The molecule has 2 aromatic carbocycles. The Labute approximate surface area is 137 Å². The molecule has 4 rings (SSSR count). The minimum Gasteiger partial charge on any atom is -0.342 e. The standard InChI is InChI=1S/C21H23NO/c1-21(15-9-4-2-5-10-15,16-11-6-3-7-12-16)22-20(23)19-17-13-8-14-18(17)19/h2-7,9-12,17-19H,8,13-14H2,1H3,(H,22,23). The number of rotatable bonds is 4. The lowest BCUT2D eigenvalue weighted by Gasteiger charge is -2.32. The minimum absolute atomic E-state index is 0.231. The highest BCUT2D eigenvalue weighted by Gasteiger charge is 2.57. The van der Waals surface area contributed by atoms with Crippen LogP contribution in [0.3, 0.4) is 0 Å². The van der Waals surface area contributed by atoms with Gasteiger partial charge in [-0.05, 0) is 42.7 Å². The van der Waals surface area contributed by atoms with E-state index in [1.807, 2.05) is 36.4 Å². The van der Waals surface area contributed by atoms with Gasteiger partial charge in [0.1, 0.15) is 0 Å². The van der Waals surface area contributed by atoms with Gasteiger partial charge in [0.05, 0.1) is 5.54 Å². The number of amides is 1. The molecule has 2 aliphatic rings. The highest BCUT2D eigenvalue weighted by atomic mass is 16.2. The molecule has 23 heavy (non-hydrogen) atoms. The molecule has 2 aromatic rings. The van der Waals surface area contributed by atoms with E-state index in [0.29, 0.717) is 11.8 Å². The van der Waals surface area contributed by atoms with Crippen LogP contribution in [0.5, 0.6) is 0 Å². The lowest BCUT2D eigenvalue weighted by atomic mass is 9.84. The summed E-state index contributed by atoms with van der Waals surface area (Å²) in [4.78, 5) is 12.9. The van der Waals surface area contributed by atoms with Crippen LogP contribution in [0.1, 0.15) is 37.3 Å². The molecule has 0 aromatic heterocycles. The lowest BCUT2D eigenvalue weighted by Crippen LogP contribution is -2.45. The second kappa shape index (κ2) is 5.52. The van der Waals surface area contributed by atoms with Crippen molar-refractivity contribution in [2.75, 3.05) is 0 Å². The molecule has 2 nitrogen and oxygen atoms in total. The van der Waals surface area contributed by atoms with Gasteiger partial charge >= 0.3 is 0 Å². The highest BCUT2D eigenvalue weighted by Crippen LogP contribution is 2.57. The Balaban J connectivity index is 1.65. The Kier molecular flexibility index (Phi) is 3.48. The summed E-state index contributed by atoms with van der Waals surface area (Å²) >= 11 is 0. The molecule has 2 saturated carbocycles. The van der Waals surface area contributed by atoms with E-state index in [-0.39, 0.29) is 11.8 Å². The van der Waals surface area contributed by atoms with Crippen LogP contribution < -0.4 is 5.32 Å². The molecule has 0 radical (unpaired) electrons. The van der Waals surface area contributed by atoms with Crippen molar-refractivity contribution in [1.82, 2.24) is 5.32 Å². The first kappa shape index (κ1) is 14.5. The number of carbonyl (C=O) groups excluding carboxylic acids is 1. The van der Waals surface area contributed by atoms with Gasteiger partial charge in [-0.15, -0.1) is 0 Å². The van der Waals surface area contributed by atoms with Crippen LogP contribution in [0.4, 0.5) is 0 Å². The van der Waals surface area contributed by atoms with E-state index in [0.717, 1.165) is 11.1 Å². The average molecular weight is 305 g/mol. The number of benzene rings is 2. The Morgan fingerprint density at radius 1 is 0.913 bits per heavy atom. The molecule has 1 N–H and O–H groups in total. The van der Waals surface area contributed by atoms with Gasteiger partial charge < -0.3 is 5.32 Å². The molecular weight excluding hydrogens is 282 g/mol. The molecule has 0 aliphatic heterocycles. The van der Waals surface area contributed by atoms with Gasteiger partial charge in [0.2, 0.25) is 5.91 Å². The summed E-state index contributed by atoms with van der Waals surface area (Å²) < 4.78 is 0. The monoisotopic (exact) mass is 305 g/mol. The van der Waals surface area contributed by atoms with Gasteiger partial charge in [0.25, 0.3) is 0 Å². The normalized spacial score (nSPS) is 25.7. The topological polar surface area (TPSA) is 29.1 Å². The SMILES string of the molecule is CC(NC(=O)C1C2CCCC21)(c1ccccc1)c1ccccc1. The van der Waals surface area contributed by atoms with Crippen molar-refractivity contribution in [3.8, 4) is 0 Å². The highest BCUT2D eigenvalue weighted by molar-refractivity contribution is 5.83. The fourth-order valence-corrected chi connectivity index (χ4v) is 4.39. The van der Waals surface area contributed by atoms with Crippen molar-refractivity contribution in [3.63, 3.8) is 0 Å². The average Bonchev–Trinajstić information content (AvgIpc) is 3.09. The van der Waals surface area contributed by atoms with E-state index >= 15 is 0 Å². The predicted octanol–water partition coefficient (Wildman–Crippen LogP) is 4.11. The maximum absolute atomic E-state index is 12.9. The van der Waals surface area contributed by atoms with Crippen LogP contribution >= 0.6 is 0 Å². The van der Waals surface area contributed by atoms with Crippen LogP contribution in [0.15, 0.2) is 60.7 Å². The fourth-order valence-electron chi connectivity index (χ4n) is 4.39. The van der Waals surface area contributed by atoms with Crippen LogP contribution in [0.2, 0.25) is 0 Å². The molecule has 1 amide bonds. The fraction of sp³-hybridized carbons (Fsp3) is 0.381. The molecule has 0 saturated heterocycles. The van der Waals surface area contributed by atoms with Crippen LogP contribution in [-0.2, 0) is 10.3 Å². The van der Waals surface area contributed by atoms with Gasteiger partial charge in [-0.25, -0.2) is 0 Å². The molecule has 2 fully saturated rings. The van der Waals surface area contributed by atoms with Crippen molar-refractivity contribution in [3.05, 3.63) is 71.8 Å². The van der Waals surface area contributed by atoms with Gasteiger partial charge in [0, 0.05) is 5.92 Å². The lowest BCUT2D eigenvalue weighted by molar-refractivity contribution is -0.124. The first-order chi connectivity index (χ1) is 11.2. The molecule has 2 heteroatoms. The van der Waals surface area contributed by atoms with E-state index in [1.54, 1.807) is 0 Å². The summed E-state index contributed by atoms with van der Waals surface area (Å²) in [6.45, 7) is 2.12. The summed E-state index contributed by atoms with van der Waals surface area (Å²) in [5.74, 6) is 1.77. The van der Waals surface area contributed by atoms with Gasteiger partial charge in [-0.2, -0.15) is 0 Å². The van der Waals surface area contributed by atoms with Crippen molar-refractivity contribution in [2.45, 2.75) is 31.7 Å². The smallest absolute Gasteiger partial charge is 0.224 e. The zero-order valence-corrected chi connectivity index (χ0v) is 13.5. The first-order valence-electron chi connectivity index (χ1n) is 8.63. The Morgan fingerprint density at radius 3 is 1.87 bits per heavy atom. The van der Waals surface area contributed by atoms with Crippen LogP contribution in [0, 0.1) is 17.8 Å². The first-order valence-corrected chi connectivity index (χ1v) is 8.63. The maximum Gasteiger partial charge on any atom is 0.224 e. The maximum atomic E-state index is 12.9. The quantitative estimate of drug-likeness (QED) is 0.905. The second-order valence-corrected chi connectivity index (χ2v) is 7.13. The van der Waals surface area contributed by atoms with E-state index in [2.05, 4.69) is 36.5 Å². The third-order valence-corrected chi connectivity index (χ3v) is 5.78. The number of hydrogen-bond donors (Lipinski definition) is 1. The van der Waals surface area contributed by atoms with E-state index in [4.69, 9.17) is 0 Å². The van der Waals surface area contributed by atoms with Crippen LogP contribution in [-0.4, -0.2) is 5.91 Å². The third kappa shape index (κ3) is 2.46.